The van der Waals surface area contributed by atoms with E-state index in [2.05, 4.69) is 10.6 Å². The van der Waals surface area contributed by atoms with E-state index in [-0.39, 0.29) is 5.91 Å². The maximum atomic E-state index is 11.5. The van der Waals surface area contributed by atoms with Gasteiger partial charge in [-0.2, -0.15) is 0 Å². The molecule has 1 aliphatic heterocycles. The van der Waals surface area contributed by atoms with E-state index in [1.54, 1.807) is 23.5 Å². The molecule has 1 spiro atoms. The van der Waals surface area contributed by atoms with Crippen molar-refractivity contribution in [1.29, 1.82) is 0 Å². The van der Waals surface area contributed by atoms with E-state index in [0.717, 1.165) is 9.75 Å². The number of hydrogen-bond donors (Lipinski definition) is 2. The van der Waals surface area contributed by atoms with Gasteiger partial charge in [0.15, 0.2) is 5.54 Å². The Hall–Kier alpha value is -1.62. The summed E-state index contributed by atoms with van der Waals surface area (Å²) in [5, 5.41) is 7.80. The third kappa shape index (κ3) is 0.820. The molecule has 0 bridgehead atoms. The quantitative estimate of drug-likeness (QED) is 0.529. The highest BCUT2D eigenvalue weighted by Gasteiger charge is 2.44. The summed E-state index contributed by atoms with van der Waals surface area (Å²) in [6, 6.07) is 1.50. The largest absolute Gasteiger partial charge is 0.322 e. The van der Waals surface area contributed by atoms with E-state index in [1.165, 1.54) is 0 Å². The first kappa shape index (κ1) is 7.75. The Morgan fingerprint density at radius 2 is 2.14 bits per heavy atom. The minimum Gasteiger partial charge on any atom is -0.317 e. The van der Waals surface area contributed by atoms with Crippen molar-refractivity contribution < 1.29 is 9.59 Å². The van der Waals surface area contributed by atoms with Crippen LogP contribution in [0.5, 0.6) is 0 Å². The van der Waals surface area contributed by atoms with Gasteiger partial charge in [0.2, 0.25) is 0 Å². The number of carbonyl (C=O) groups is 2. The normalized spacial score (nSPS) is 28.0. The van der Waals surface area contributed by atoms with E-state index in [1.807, 2.05) is 11.4 Å². The van der Waals surface area contributed by atoms with E-state index >= 15 is 0 Å². The van der Waals surface area contributed by atoms with Crippen LogP contribution in [0.3, 0.4) is 0 Å². The third-order valence-corrected chi connectivity index (χ3v) is 3.27. The van der Waals surface area contributed by atoms with Gasteiger partial charge in [-0.25, -0.2) is 4.79 Å². The maximum absolute atomic E-state index is 11.5. The zero-order valence-corrected chi connectivity index (χ0v) is 7.85. The fourth-order valence-corrected chi connectivity index (χ4v) is 2.63. The number of thiophene rings is 1. The van der Waals surface area contributed by atoms with E-state index in [4.69, 9.17) is 0 Å². The number of hydrogen-bond acceptors (Lipinski definition) is 3. The second-order valence-electron chi connectivity index (χ2n) is 3.31. The van der Waals surface area contributed by atoms with Crippen molar-refractivity contribution in [3.63, 3.8) is 0 Å². The summed E-state index contributed by atoms with van der Waals surface area (Å²) in [4.78, 5) is 22.5. The van der Waals surface area contributed by atoms with Crippen molar-refractivity contribution in [3.8, 4) is 0 Å². The first-order chi connectivity index (χ1) is 6.70. The Bertz CT molecular complexity index is 527. The first-order valence-corrected chi connectivity index (χ1v) is 5.00. The zero-order valence-electron chi connectivity index (χ0n) is 7.03. The topological polar surface area (TPSA) is 58.2 Å². The molecular weight excluding hydrogens is 200 g/mol. The number of urea groups is 1. The van der Waals surface area contributed by atoms with E-state index in [9.17, 15) is 9.59 Å². The summed E-state index contributed by atoms with van der Waals surface area (Å²) < 4.78 is 1.03. The van der Waals surface area contributed by atoms with Crippen LogP contribution in [0.15, 0.2) is 11.4 Å². The summed E-state index contributed by atoms with van der Waals surface area (Å²) in [5.74, 6) is -0.300. The molecule has 3 amide bonds. The highest BCUT2D eigenvalue weighted by molar-refractivity contribution is 7.07. The fraction of sp³-hybridized carbons (Fsp3) is 0.111. The SMILES string of the molecule is O=C1NC(=O)C2(C=c3ccsc3=C2)N1. The molecule has 1 unspecified atom stereocenters. The molecule has 0 saturated carbocycles. The van der Waals surface area contributed by atoms with Crippen molar-refractivity contribution >= 4 is 35.4 Å². The molecule has 3 rings (SSSR count). The molecule has 4 nitrogen and oxygen atoms in total. The lowest BCUT2D eigenvalue weighted by atomic mass is 10.0. The number of carbonyl (C=O) groups excluding carboxylic acids is 2. The van der Waals surface area contributed by atoms with Crippen LogP contribution in [-0.4, -0.2) is 17.5 Å². The summed E-state index contributed by atoms with van der Waals surface area (Å²) in [7, 11) is 0. The number of imide groups is 1. The van der Waals surface area contributed by atoms with Crippen molar-refractivity contribution in [2.24, 2.45) is 0 Å². The van der Waals surface area contributed by atoms with Gasteiger partial charge in [-0.1, -0.05) is 0 Å². The van der Waals surface area contributed by atoms with Gasteiger partial charge in [0, 0.05) is 4.53 Å². The molecule has 14 heavy (non-hydrogen) atoms. The van der Waals surface area contributed by atoms with Crippen molar-refractivity contribution in [2.45, 2.75) is 5.54 Å². The highest BCUT2D eigenvalue weighted by Crippen LogP contribution is 2.17. The van der Waals surface area contributed by atoms with Crippen molar-refractivity contribution in [1.82, 2.24) is 10.6 Å². The molecule has 70 valence electrons. The molecule has 1 saturated heterocycles. The predicted octanol–water partition coefficient (Wildman–Crippen LogP) is -1.10. The van der Waals surface area contributed by atoms with Crippen LogP contribution in [0, 0.1) is 0 Å². The van der Waals surface area contributed by atoms with E-state index < -0.39 is 11.6 Å². The Balaban J connectivity index is 2.23. The molecule has 0 radical (unpaired) electrons. The molecular formula is C9H6N2O2S. The van der Waals surface area contributed by atoms with Gasteiger partial charge in [0.25, 0.3) is 5.91 Å². The smallest absolute Gasteiger partial charge is 0.317 e. The Labute approximate surface area is 82.9 Å². The number of rotatable bonds is 0. The van der Waals surface area contributed by atoms with Crippen molar-refractivity contribution in [3.05, 3.63) is 21.2 Å². The molecule has 1 aromatic rings. The summed E-state index contributed by atoms with van der Waals surface area (Å²) in [6.45, 7) is 0. The van der Waals surface area contributed by atoms with Crippen LogP contribution in [0.1, 0.15) is 0 Å². The molecule has 1 fully saturated rings. The lowest BCUT2D eigenvalue weighted by Gasteiger charge is -2.13. The standard InChI is InChI=1S/C9H6N2O2S/c12-7-9(11-8(13)10-7)3-5-1-2-14-6(5)4-9/h1-4H,(H2,10,11,12,13). The number of nitrogens with one attached hydrogen (secondary N) is 2. The molecule has 1 aromatic heterocycles. The van der Waals surface area contributed by atoms with Crippen LogP contribution in [0.4, 0.5) is 4.79 Å². The second-order valence-corrected chi connectivity index (χ2v) is 4.25. The lowest BCUT2D eigenvalue weighted by molar-refractivity contribution is -0.120. The van der Waals surface area contributed by atoms with Crippen molar-refractivity contribution in [2.75, 3.05) is 0 Å². The van der Waals surface area contributed by atoms with E-state index in [0.29, 0.717) is 0 Å². The minimum absolute atomic E-state index is 0.300. The second kappa shape index (κ2) is 2.24. The maximum Gasteiger partial charge on any atom is 0.322 e. The predicted molar refractivity (Wildman–Crippen MR) is 51.9 cm³/mol. The Kier molecular flexibility index (Phi) is 1.24. The van der Waals surface area contributed by atoms with Gasteiger partial charge in [-0.05, 0) is 28.8 Å². The molecule has 1 aliphatic carbocycles. The van der Waals surface area contributed by atoms with Crippen LogP contribution in [0.25, 0.3) is 12.2 Å². The molecule has 1 atom stereocenters. The summed E-state index contributed by atoms with van der Waals surface area (Å²) in [5.41, 5.74) is -0.931. The monoisotopic (exact) mass is 206 g/mol. The molecule has 2 heterocycles. The van der Waals surface area contributed by atoms with Crippen LogP contribution in [0.2, 0.25) is 0 Å². The van der Waals surface area contributed by atoms with Gasteiger partial charge < -0.3 is 5.32 Å². The van der Waals surface area contributed by atoms with Gasteiger partial charge in [0.1, 0.15) is 0 Å². The highest BCUT2D eigenvalue weighted by atomic mass is 32.1. The van der Waals surface area contributed by atoms with Gasteiger partial charge in [-0.15, -0.1) is 11.3 Å². The lowest BCUT2D eigenvalue weighted by Crippen LogP contribution is -2.41. The molecule has 2 N–H and O–H groups in total. The number of amides is 3. The zero-order chi connectivity index (χ0) is 9.76. The molecule has 5 heteroatoms. The summed E-state index contributed by atoms with van der Waals surface area (Å²) >= 11 is 1.56. The van der Waals surface area contributed by atoms with Crippen LogP contribution >= 0.6 is 11.3 Å². The van der Waals surface area contributed by atoms with Crippen LogP contribution in [-0.2, 0) is 4.79 Å². The van der Waals surface area contributed by atoms with Gasteiger partial charge in [0.05, 0.1) is 0 Å². The average molecular weight is 206 g/mol. The van der Waals surface area contributed by atoms with Gasteiger partial charge >= 0.3 is 6.03 Å². The average Bonchev–Trinajstić information content (AvgIpc) is 2.67. The fourth-order valence-electron chi connectivity index (χ4n) is 1.75. The number of fused-ring (bicyclic) bond motifs is 1. The molecule has 0 aromatic carbocycles. The van der Waals surface area contributed by atoms with Crippen LogP contribution < -0.4 is 20.4 Å². The van der Waals surface area contributed by atoms with Gasteiger partial charge in [-0.3, -0.25) is 10.1 Å². The summed E-state index contributed by atoms with van der Waals surface area (Å²) in [6.07, 6.45) is 3.56. The third-order valence-electron chi connectivity index (χ3n) is 2.39. The Morgan fingerprint density at radius 1 is 1.29 bits per heavy atom. The minimum atomic E-state index is -0.931. The Morgan fingerprint density at radius 3 is 2.79 bits per heavy atom. The molecule has 2 aliphatic rings. The first-order valence-electron chi connectivity index (χ1n) is 4.12.